The Morgan fingerprint density at radius 3 is 0.677 bits per heavy atom. The molecule has 0 bridgehead atoms. The summed E-state index contributed by atoms with van der Waals surface area (Å²) in [6.45, 7) is 31.1. The molecule has 0 aliphatic heterocycles. The van der Waals surface area contributed by atoms with Gasteiger partial charge in [0.05, 0.1) is 17.5 Å². The van der Waals surface area contributed by atoms with Crippen LogP contribution in [0.3, 0.4) is 0 Å². The van der Waals surface area contributed by atoms with Crippen LogP contribution in [0.5, 0.6) is 0 Å². The smallest absolute Gasteiger partial charge is 0.0936 e. The summed E-state index contributed by atoms with van der Waals surface area (Å²) < 4.78 is 0. The van der Waals surface area contributed by atoms with Gasteiger partial charge in [0.1, 0.15) is 0 Å². The molecule has 0 spiro atoms. The van der Waals surface area contributed by atoms with E-state index in [4.69, 9.17) is 0 Å². The van der Waals surface area contributed by atoms with Gasteiger partial charge in [-0.3, -0.25) is 15.0 Å². The van der Waals surface area contributed by atoms with Gasteiger partial charge >= 0.3 is 0 Å². The van der Waals surface area contributed by atoms with E-state index < -0.39 is 0 Å². The summed E-state index contributed by atoms with van der Waals surface area (Å²) >= 11 is 0. The van der Waals surface area contributed by atoms with Gasteiger partial charge in [-0.05, 0) is 104 Å². The molecular weight excluding hydrogens is 464 g/mol. The van der Waals surface area contributed by atoms with Crippen molar-refractivity contribution in [3.63, 3.8) is 0 Å². The molecule has 3 N–H and O–H groups in total. The van der Waals surface area contributed by atoms with E-state index >= 15 is 0 Å². The Labute approximate surface area is 214 Å². The monoisotopic (exact) mass is 516 g/mol. The number of amidine groups is 3. The van der Waals surface area contributed by atoms with Gasteiger partial charge in [-0.15, -0.1) is 0 Å². The van der Waals surface area contributed by atoms with Gasteiger partial charge < -0.3 is 16.0 Å². The Bertz CT molecular complexity index is 421. The average Bonchev–Trinajstić information content (AvgIpc) is 2.42. The van der Waals surface area contributed by atoms with Crippen molar-refractivity contribution in [1.82, 2.24) is 16.0 Å². The molecule has 0 aromatic heterocycles. The quantitative estimate of drug-likeness (QED) is 0.325. The second-order valence-electron chi connectivity index (χ2n) is 9.32. The molecule has 0 rings (SSSR count). The Morgan fingerprint density at radius 1 is 0.419 bits per heavy atom. The van der Waals surface area contributed by atoms with Crippen LogP contribution >= 0.6 is 0 Å². The maximum Gasteiger partial charge on any atom is 0.0936 e. The number of hydrogen-bond acceptors (Lipinski definition) is 3. The minimum absolute atomic E-state index is 0. The van der Waals surface area contributed by atoms with Gasteiger partial charge in [0, 0.05) is 62.5 Å². The van der Waals surface area contributed by atoms with Gasteiger partial charge in [-0.2, -0.15) is 0 Å². The van der Waals surface area contributed by atoms with Crippen LogP contribution < -0.4 is 16.0 Å². The zero-order valence-electron chi connectivity index (χ0n) is 23.3. The van der Waals surface area contributed by atoms with Crippen LogP contribution in [0.1, 0.15) is 104 Å². The van der Waals surface area contributed by atoms with Crippen molar-refractivity contribution in [3.05, 3.63) is 0 Å². The second-order valence-corrected chi connectivity index (χ2v) is 9.32. The molecule has 0 fully saturated rings. The van der Waals surface area contributed by atoms with Crippen molar-refractivity contribution in [2.24, 2.45) is 15.0 Å². The van der Waals surface area contributed by atoms with Crippen LogP contribution in [0.25, 0.3) is 0 Å². The number of rotatable bonds is 6. The molecule has 0 aliphatic rings. The van der Waals surface area contributed by atoms with E-state index in [2.05, 4.69) is 114 Å². The third-order valence-corrected chi connectivity index (χ3v) is 2.85. The Morgan fingerprint density at radius 2 is 0.581 bits per heavy atom. The summed E-state index contributed by atoms with van der Waals surface area (Å²) in [7, 11) is 0. The molecule has 184 valence electrons. The van der Waals surface area contributed by atoms with Crippen molar-refractivity contribution in [2.45, 2.75) is 140 Å². The van der Waals surface area contributed by atoms with Gasteiger partial charge in [0.25, 0.3) is 0 Å². The standard InChI is InChI=1S/3C8H18N2.Zr/c3*1-6(2)9-8(5)10-7(3)4;/h3*6-7H,1-5H3,(H,9,10);. The SMILES string of the molecule is CC(=NC(C)C)NC(C)C.CC(=NC(C)C)NC(C)C.CC(=NC(C)C)NC(C)C.[Zr]. The molecule has 0 amide bonds. The second kappa shape index (κ2) is 22.5. The van der Waals surface area contributed by atoms with Crippen molar-refractivity contribution in [2.75, 3.05) is 0 Å². The van der Waals surface area contributed by atoms with E-state index in [-0.39, 0.29) is 26.2 Å². The third kappa shape index (κ3) is 40.2. The van der Waals surface area contributed by atoms with Gasteiger partial charge in [-0.1, -0.05) is 0 Å². The van der Waals surface area contributed by atoms with Crippen LogP contribution in [0, 0.1) is 0 Å². The molecule has 0 aromatic carbocycles. The van der Waals surface area contributed by atoms with Crippen LogP contribution in [-0.2, 0) is 26.2 Å². The minimum Gasteiger partial charge on any atom is -0.372 e. The molecule has 0 heterocycles. The first-order chi connectivity index (χ1) is 13.6. The Hall–Kier alpha value is -0.707. The summed E-state index contributed by atoms with van der Waals surface area (Å²) in [6.07, 6.45) is 0. The Balaban J connectivity index is -0.000000174. The van der Waals surface area contributed by atoms with Crippen LogP contribution in [0.4, 0.5) is 0 Å². The van der Waals surface area contributed by atoms with E-state index in [1.807, 2.05) is 20.8 Å². The molecule has 0 saturated heterocycles. The molecule has 31 heavy (non-hydrogen) atoms. The van der Waals surface area contributed by atoms with Gasteiger partial charge in [0.15, 0.2) is 0 Å². The molecule has 0 saturated carbocycles. The first-order valence-electron chi connectivity index (χ1n) is 11.5. The largest absolute Gasteiger partial charge is 0.372 e. The number of nitrogens with one attached hydrogen (secondary N) is 3. The number of nitrogens with zero attached hydrogens (tertiary/aromatic N) is 3. The number of aliphatic imine (C=N–C) groups is 3. The third-order valence-electron chi connectivity index (χ3n) is 2.85. The molecule has 0 aromatic rings. The summed E-state index contributed by atoms with van der Waals surface area (Å²) in [6, 6.07) is 2.65. The molecule has 7 heteroatoms. The van der Waals surface area contributed by atoms with Crippen LogP contribution in [0.2, 0.25) is 0 Å². The molecule has 0 radical (unpaired) electrons. The van der Waals surface area contributed by atoms with E-state index in [9.17, 15) is 0 Å². The maximum absolute atomic E-state index is 4.32. The molecular formula is C24H54N6Zr. The van der Waals surface area contributed by atoms with Crippen LogP contribution in [-0.4, -0.2) is 53.8 Å². The van der Waals surface area contributed by atoms with E-state index in [0.717, 1.165) is 17.5 Å². The van der Waals surface area contributed by atoms with E-state index in [0.29, 0.717) is 36.3 Å². The predicted octanol–water partition coefficient (Wildman–Crippen LogP) is 5.43. The zero-order chi connectivity index (χ0) is 24.4. The van der Waals surface area contributed by atoms with Crippen molar-refractivity contribution in [1.29, 1.82) is 0 Å². The fourth-order valence-electron chi connectivity index (χ4n) is 2.53. The van der Waals surface area contributed by atoms with Gasteiger partial charge in [-0.25, -0.2) is 0 Å². The summed E-state index contributed by atoms with van der Waals surface area (Å²) in [5.41, 5.74) is 0. The first kappa shape index (κ1) is 37.6. The molecule has 0 atom stereocenters. The molecule has 6 nitrogen and oxygen atoms in total. The van der Waals surface area contributed by atoms with Crippen molar-refractivity contribution >= 4 is 17.5 Å². The topological polar surface area (TPSA) is 73.2 Å². The van der Waals surface area contributed by atoms with E-state index in [1.165, 1.54) is 0 Å². The van der Waals surface area contributed by atoms with Crippen LogP contribution in [0.15, 0.2) is 15.0 Å². The van der Waals surface area contributed by atoms with Gasteiger partial charge in [0.2, 0.25) is 0 Å². The summed E-state index contributed by atoms with van der Waals surface area (Å²) in [5.74, 6) is 3.10. The molecule has 0 unspecified atom stereocenters. The fourth-order valence-corrected chi connectivity index (χ4v) is 2.53. The average molecular weight is 518 g/mol. The predicted molar refractivity (Wildman–Crippen MR) is 140 cm³/mol. The molecule has 0 aliphatic carbocycles. The summed E-state index contributed by atoms with van der Waals surface area (Å²) in [5, 5.41) is 9.67. The number of hydrogen-bond donors (Lipinski definition) is 3. The van der Waals surface area contributed by atoms with E-state index in [1.54, 1.807) is 0 Å². The van der Waals surface area contributed by atoms with Crippen molar-refractivity contribution in [3.8, 4) is 0 Å². The normalized spacial score (nSPS) is 12.5. The van der Waals surface area contributed by atoms with Crippen molar-refractivity contribution < 1.29 is 26.2 Å². The Kier molecular flexibility index (Phi) is 27.3. The zero-order valence-corrected chi connectivity index (χ0v) is 25.8. The first-order valence-corrected chi connectivity index (χ1v) is 11.5. The summed E-state index contributed by atoms with van der Waals surface area (Å²) in [4.78, 5) is 13.0. The fraction of sp³-hybridized carbons (Fsp3) is 0.875. The maximum atomic E-state index is 4.32. The minimum atomic E-state index is 0.